The van der Waals surface area contributed by atoms with Crippen LogP contribution in [-0.4, -0.2) is 38.0 Å². The summed E-state index contributed by atoms with van der Waals surface area (Å²) in [4.78, 5) is 12.2. The third kappa shape index (κ3) is 5.69. The second kappa shape index (κ2) is 8.27. The van der Waals surface area contributed by atoms with Crippen molar-refractivity contribution in [3.63, 3.8) is 0 Å². The van der Waals surface area contributed by atoms with Crippen LogP contribution in [0.4, 0.5) is 0 Å². The van der Waals surface area contributed by atoms with Gasteiger partial charge in [0.1, 0.15) is 0 Å². The lowest BCUT2D eigenvalue weighted by atomic mass is 10.1. The fourth-order valence-corrected chi connectivity index (χ4v) is 3.23. The molecular weight excluding hydrogens is 336 g/mol. The van der Waals surface area contributed by atoms with Gasteiger partial charge in [-0.15, -0.1) is 0 Å². The Bertz CT molecular complexity index is 833. The number of carbonyl (C=O) groups excluding carboxylic acids is 1. The molecule has 2 aromatic carbocycles. The summed E-state index contributed by atoms with van der Waals surface area (Å²) in [5.74, 6) is -0.198. The highest BCUT2D eigenvalue weighted by atomic mass is 32.2. The number of hydrogen-bond donors (Lipinski definition) is 1. The molecule has 0 aliphatic heterocycles. The van der Waals surface area contributed by atoms with Crippen LogP contribution >= 0.6 is 0 Å². The lowest BCUT2D eigenvalue weighted by Crippen LogP contribution is -2.37. The van der Waals surface area contributed by atoms with Gasteiger partial charge >= 0.3 is 0 Å². The third-order valence-corrected chi connectivity index (χ3v) is 5.34. The minimum Gasteiger partial charge on any atom is -0.351 e. The van der Waals surface area contributed by atoms with Crippen molar-refractivity contribution < 1.29 is 13.2 Å². The predicted molar refractivity (Wildman–Crippen MR) is 99.9 cm³/mol. The van der Waals surface area contributed by atoms with Crippen LogP contribution < -0.4 is 5.32 Å². The average molecular weight is 360 g/mol. The second-order valence-corrected chi connectivity index (χ2v) is 8.12. The van der Waals surface area contributed by atoms with Crippen LogP contribution in [0.2, 0.25) is 0 Å². The summed E-state index contributed by atoms with van der Waals surface area (Å²) in [7, 11) is -3.36. The zero-order chi connectivity index (χ0) is 18.4. The van der Waals surface area contributed by atoms with Crippen molar-refractivity contribution in [1.82, 2.24) is 9.62 Å². The molecule has 0 bridgehead atoms. The van der Waals surface area contributed by atoms with E-state index in [9.17, 15) is 13.2 Å². The van der Waals surface area contributed by atoms with Gasteiger partial charge in [0.05, 0.1) is 6.26 Å². The van der Waals surface area contributed by atoms with Crippen molar-refractivity contribution in [3.8, 4) is 0 Å². The maximum Gasteiger partial charge on any atom is 0.251 e. The summed E-state index contributed by atoms with van der Waals surface area (Å²) in [6, 6.07) is 14.9. The van der Waals surface area contributed by atoms with E-state index in [0.29, 0.717) is 12.1 Å². The van der Waals surface area contributed by atoms with Crippen molar-refractivity contribution >= 4 is 15.9 Å². The Hall–Kier alpha value is -2.18. The molecule has 1 amide bonds. The minimum absolute atomic E-state index is 0.198. The first-order chi connectivity index (χ1) is 11.8. The topological polar surface area (TPSA) is 66.5 Å². The minimum atomic E-state index is -3.36. The van der Waals surface area contributed by atoms with Crippen molar-refractivity contribution in [1.29, 1.82) is 0 Å². The van der Waals surface area contributed by atoms with E-state index in [1.54, 1.807) is 6.07 Å². The van der Waals surface area contributed by atoms with Gasteiger partial charge in [0.2, 0.25) is 10.0 Å². The first-order valence-corrected chi connectivity index (χ1v) is 9.96. The fourth-order valence-electron chi connectivity index (χ4n) is 2.43. The molecule has 2 rings (SSSR count). The Labute approximate surface area is 149 Å². The number of hydrogen-bond acceptors (Lipinski definition) is 3. The molecule has 0 atom stereocenters. The zero-order valence-electron chi connectivity index (χ0n) is 14.8. The van der Waals surface area contributed by atoms with E-state index >= 15 is 0 Å². The summed E-state index contributed by atoms with van der Waals surface area (Å²) < 4.78 is 25.3. The summed E-state index contributed by atoms with van der Waals surface area (Å²) in [5, 5.41) is 2.79. The molecule has 25 heavy (non-hydrogen) atoms. The largest absolute Gasteiger partial charge is 0.351 e. The Morgan fingerprint density at radius 2 is 1.72 bits per heavy atom. The lowest BCUT2D eigenvalue weighted by Gasteiger charge is -2.20. The van der Waals surface area contributed by atoms with Crippen LogP contribution in [0.25, 0.3) is 0 Å². The van der Waals surface area contributed by atoms with Gasteiger partial charge in [-0.3, -0.25) is 4.79 Å². The second-order valence-electron chi connectivity index (χ2n) is 6.14. The van der Waals surface area contributed by atoms with Crippen LogP contribution in [0.5, 0.6) is 0 Å². The number of benzene rings is 2. The summed E-state index contributed by atoms with van der Waals surface area (Å²) in [6.45, 7) is 4.72. The van der Waals surface area contributed by atoms with E-state index in [1.165, 1.54) is 10.6 Å². The molecule has 0 aromatic heterocycles. The van der Waals surface area contributed by atoms with E-state index in [1.807, 2.05) is 56.3 Å². The van der Waals surface area contributed by atoms with Gasteiger partial charge in [-0.25, -0.2) is 8.42 Å². The standard InChI is InChI=1S/C19H24N2O3S/c1-15-9-10-18(13-16(15)2)19(22)20-11-12-21(25(3,23)24)14-17-7-5-4-6-8-17/h4-10,13H,11-12,14H2,1-3H3,(H,20,22). The maximum absolute atomic E-state index is 12.2. The number of amides is 1. The molecule has 0 aliphatic rings. The number of carbonyl (C=O) groups is 1. The van der Waals surface area contributed by atoms with Gasteiger partial charge in [0.15, 0.2) is 0 Å². The molecule has 0 unspecified atom stereocenters. The van der Waals surface area contributed by atoms with Crippen molar-refractivity contribution in [2.75, 3.05) is 19.3 Å². The number of aryl methyl sites for hydroxylation is 2. The van der Waals surface area contributed by atoms with E-state index in [4.69, 9.17) is 0 Å². The Kier molecular flexibility index (Phi) is 6.33. The smallest absolute Gasteiger partial charge is 0.251 e. The Balaban J connectivity index is 1.96. The molecule has 6 heteroatoms. The van der Waals surface area contributed by atoms with Crippen molar-refractivity contribution in [2.24, 2.45) is 0 Å². The van der Waals surface area contributed by atoms with Crippen LogP contribution in [0.15, 0.2) is 48.5 Å². The molecule has 2 aromatic rings. The van der Waals surface area contributed by atoms with Gasteiger partial charge in [-0.05, 0) is 42.7 Å². The highest BCUT2D eigenvalue weighted by molar-refractivity contribution is 7.88. The summed E-state index contributed by atoms with van der Waals surface area (Å²) in [5.41, 5.74) is 3.67. The zero-order valence-corrected chi connectivity index (χ0v) is 15.6. The molecule has 0 fully saturated rings. The molecule has 0 saturated carbocycles. The molecule has 134 valence electrons. The van der Waals surface area contributed by atoms with Crippen LogP contribution in [0.1, 0.15) is 27.0 Å². The molecule has 0 saturated heterocycles. The molecule has 0 aliphatic carbocycles. The summed E-state index contributed by atoms with van der Waals surface area (Å²) >= 11 is 0. The van der Waals surface area contributed by atoms with Crippen LogP contribution in [-0.2, 0) is 16.6 Å². The van der Waals surface area contributed by atoms with Crippen molar-refractivity contribution in [3.05, 3.63) is 70.8 Å². The quantitative estimate of drug-likeness (QED) is 0.825. The maximum atomic E-state index is 12.2. The number of sulfonamides is 1. The highest BCUT2D eigenvalue weighted by Gasteiger charge is 2.17. The average Bonchev–Trinajstić information content (AvgIpc) is 2.56. The van der Waals surface area contributed by atoms with E-state index in [-0.39, 0.29) is 19.0 Å². The van der Waals surface area contributed by atoms with Crippen LogP contribution in [0, 0.1) is 13.8 Å². The van der Waals surface area contributed by atoms with E-state index in [0.717, 1.165) is 16.7 Å². The van der Waals surface area contributed by atoms with Crippen molar-refractivity contribution in [2.45, 2.75) is 20.4 Å². The monoisotopic (exact) mass is 360 g/mol. The van der Waals surface area contributed by atoms with Gasteiger partial charge in [-0.1, -0.05) is 36.4 Å². The SMILES string of the molecule is Cc1ccc(C(=O)NCCN(Cc2ccccc2)S(C)(=O)=O)cc1C. The highest BCUT2D eigenvalue weighted by Crippen LogP contribution is 2.10. The molecule has 0 radical (unpaired) electrons. The molecular formula is C19H24N2O3S. The van der Waals surface area contributed by atoms with Crippen LogP contribution in [0.3, 0.4) is 0 Å². The Morgan fingerprint density at radius 1 is 1.04 bits per heavy atom. The fraction of sp³-hybridized carbons (Fsp3) is 0.316. The normalized spacial score (nSPS) is 11.5. The summed E-state index contributed by atoms with van der Waals surface area (Å²) in [6.07, 6.45) is 1.18. The van der Waals surface area contributed by atoms with E-state index < -0.39 is 10.0 Å². The van der Waals surface area contributed by atoms with Gasteiger partial charge in [0.25, 0.3) is 5.91 Å². The van der Waals surface area contributed by atoms with Gasteiger partial charge in [0, 0.05) is 25.2 Å². The third-order valence-electron chi connectivity index (χ3n) is 4.09. The first-order valence-electron chi connectivity index (χ1n) is 8.12. The predicted octanol–water partition coefficient (Wildman–Crippen LogP) is 2.50. The number of nitrogens with zero attached hydrogens (tertiary/aromatic N) is 1. The molecule has 0 heterocycles. The molecule has 1 N–H and O–H groups in total. The number of rotatable bonds is 7. The first kappa shape index (κ1) is 19.1. The lowest BCUT2D eigenvalue weighted by molar-refractivity contribution is 0.0951. The molecule has 5 nitrogen and oxygen atoms in total. The van der Waals surface area contributed by atoms with Gasteiger partial charge < -0.3 is 5.32 Å². The Morgan fingerprint density at radius 3 is 2.32 bits per heavy atom. The van der Waals surface area contributed by atoms with Gasteiger partial charge in [-0.2, -0.15) is 4.31 Å². The molecule has 0 spiro atoms. The number of nitrogens with one attached hydrogen (secondary N) is 1. The van der Waals surface area contributed by atoms with E-state index in [2.05, 4.69) is 5.32 Å².